The summed E-state index contributed by atoms with van der Waals surface area (Å²) in [4.78, 5) is 34.7. The number of carbonyl (C=O) groups excluding carboxylic acids is 3. The molecular formula is C17H28O7. The average Bonchev–Trinajstić information content (AvgIpc) is 2.76. The van der Waals surface area contributed by atoms with Crippen LogP contribution in [0, 0.1) is 5.92 Å². The largest absolute Gasteiger partial charge is 0.462 e. The topological polar surface area (TPSA) is 110 Å². The molecule has 1 heterocycles. The van der Waals surface area contributed by atoms with Gasteiger partial charge in [0, 0.05) is 12.8 Å². The lowest BCUT2D eigenvalue weighted by Gasteiger charge is -2.21. The molecule has 5 unspecified atom stereocenters. The zero-order chi connectivity index (χ0) is 18.3. The summed E-state index contributed by atoms with van der Waals surface area (Å²) in [5.41, 5.74) is 0. The number of aliphatic hydroxyl groups is 2. The molecule has 2 N–H and O–H groups in total. The van der Waals surface area contributed by atoms with E-state index in [0.29, 0.717) is 19.3 Å². The lowest BCUT2D eigenvalue weighted by Crippen LogP contribution is -2.28. The highest BCUT2D eigenvalue weighted by atomic mass is 16.6. The van der Waals surface area contributed by atoms with Crippen molar-refractivity contribution in [3.05, 3.63) is 0 Å². The predicted octanol–water partition coefficient (Wildman–Crippen LogP) is 1.13. The van der Waals surface area contributed by atoms with Crippen molar-refractivity contribution in [3.63, 3.8) is 0 Å². The third-order valence-corrected chi connectivity index (χ3v) is 4.01. The summed E-state index contributed by atoms with van der Waals surface area (Å²) >= 11 is 0. The first-order valence-electron chi connectivity index (χ1n) is 8.46. The fourth-order valence-corrected chi connectivity index (χ4v) is 2.85. The van der Waals surface area contributed by atoms with Gasteiger partial charge < -0.3 is 19.7 Å². The summed E-state index contributed by atoms with van der Waals surface area (Å²) in [5, 5.41) is 19.2. The Morgan fingerprint density at radius 3 is 2.54 bits per heavy atom. The van der Waals surface area contributed by atoms with E-state index in [1.165, 1.54) is 6.92 Å². The minimum Gasteiger partial charge on any atom is -0.462 e. The molecule has 0 aromatic heterocycles. The first kappa shape index (κ1) is 20.6. The number of hydrogen-bond acceptors (Lipinski definition) is 7. The van der Waals surface area contributed by atoms with E-state index in [1.54, 1.807) is 6.92 Å². The van der Waals surface area contributed by atoms with Gasteiger partial charge in [-0.2, -0.15) is 0 Å². The minimum atomic E-state index is -0.650. The summed E-state index contributed by atoms with van der Waals surface area (Å²) in [6, 6.07) is 0. The van der Waals surface area contributed by atoms with Gasteiger partial charge >= 0.3 is 11.9 Å². The van der Waals surface area contributed by atoms with Gasteiger partial charge in [0.05, 0.1) is 18.1 Å². The van der Waals surface area contributed by atoms with Gasteiger partial charge in [0.15, 0.2) is 0 Å². The maximum Gasteiger partial charge on any atom is 0.313 e. The van der Waals surface area contributed by atoms with E-state index < -0.39 is 30.2 Å². The second kappa shape index (κ2) is 9.74. The van der Waals surface area contributed by atoms with E-state index in [9.17, 15) is 24.6 Å². The predicted molar refractivity (Wildman–Crippen MR) is 85.0 cm³/mol. The van der Waals surface area contributed by atoms with Crippen LogP contribution in [0.25, 0.3) is 0 Å². The van der Waals surface area contributed by atoms with Crippen LogP contribution in [0.15, 0.2) is 0 Å². The number of Topliss-reactive ketones (excluding diaryl/α,β-unsaturated/α-hetero) is 1. The molecule has 7 heteroatoms. The molecule has 0 aliphatic carbocycles. The number of carbonyl (C=O) groups is 3. The Labute approximate surface area is 142 Å². The molecule has 24 heavy (non-hydrogen) atoms. The Morgan fingerprint density at radius 1 is 1.33 bits per heavy atom. The Hall–Kier alpha value is -1.47. The molecule has 0 aromatic carbocycles. The van der Waals surface area contributed by atoms with E-state index >= 15 is 0 Å². The van der Waals surface area contributed by atoms with Gasteiger partial charge in [0.1, 0.15) is 24.4 Å². The van der Waals surface area contributed by atoms with Crippen LogP contribution in [0.5, 0.6) is 0 Å². The number of aliphatic hydroxyl groups excluding tert-OH is 2. The van der Waals surface area contributed by atoms with Crippen molar-refractivity contribution in [3.8, 4) is 0 Å². The SMILES string of the molecule is CCC(O)CC(CC1CC(CC(C)O)OC1=O)OC(=O)CC(C)=O. The van der Waals surface area contributed by atoms with Gasteiger partial charge in [-0.05, 0) is 33.1 Å². The van der Waals surface area contributed by atoms with E-state index in [0.717, 1.165) is 0 Å². The molecule has 1 fully saturated rings. The highest BCUT2D eigenvalue weighted by Gasteiger charge is 2.37. The summed E-state index contributed by atoms with van der Waals surface area (Å²) in [5.74, 6) is -1.76. The van der Waals surface area contributed by atoms with E-state index in [2.05, 4.69) is 0 Å². The molecule has 0 aromatic rings. The fraction of sp³-hybridized carbons (Fsp3) is 0.824. The maximum atomic E-state index is 12.0. The molecule has 0 radical (unpaired) electrons. The summed E-state index contributed by atoms with van der Waals surface area (Å²) in [6.45, 7) is 4.73. The van der Waals surface area contributed by atoms with Gasteiger partial charge in [-0.25, -0.2) is 0 Å². The zero-order valence-corrected chi connectivity index (χ0v) is 14.6. The van der Waals surface area contributed by atoms with Crippen LogP contribution in [0.1, 0.15) is 59.3 Å². The quantitative estimate of drug-likeness (QED) is 0.451. The van der Waals surface area contributed by atoms with Crippen LogP contribution in [0.4, 0.5) is 0 Å². The molecule has 1 aliphatic rings. The maximum absolute atomic E-state index is 12.0. The first-order chi connectivity index (χ1) is 11.2. The second-order valence-corrected chi connectivity index (χ2v) is 6.60. The Morgan fingerprint density at radius 2 is 2.00 bits per heavy atom. The lowest BCUT2D eigenvalue weighted by molar-refractivity contribution is -0.155. The molecule has 5 atom stereocenters. The van der Waals surface area contributed by atoms with Gasteiger partial charge in [0.2, 0.25) is 0 Å². The number of cyclic esters (lactones) is 1. The molecular weight excluding hydrogens is 316 g/mol. The number of ether oxygens (including phenoxy) is 2. The Bertz CT molecular complexity index is 446. The zero-order valence-electron chi connectivity index (χ0n) is 14.6. The highest BCUT2D eigenvalue weighted by molar-refractivity contribution is 5.94. The molecule has 0 amide bonds. The van der Waals surface area contributed by atoms with Crippen molar-refractivity contribution in [2.75, 3.05) is 0 Å². The Kier molecular flexibility index (Phi) is 8.35. The van der Waals surface area contributed by atoms with Crippen LogP contribution >= 0.6 is 0 Å². The van der Waals surface area contributed by atoms with Crippen molar-refractivity contribution in [2.24, 2.45) is 5.92 Å². The first-order valence-corrected chi connectivity index (χ1v) is 8.46. The molecule has 138 valence electrons. The van der Waals surface area contributed by atoms with Gasteiger partial charge in [-0.3, -0.25) is 14.4 Å². The molecule has 0 bridgehead atoms. The van der Waals surface area contributed by atoms with Gasteiger partial charge in [-0.1, -0.05) is 6.92 Å². The number of rotatable bonds is 10. The van der Waals surface area contributed by atoms with E-state index in [1.807, 2.05) is 6.92 Å². The average molecular weight is 344 g/mol. The van der Waals surface area contributed by atoms with Crippen molar-refractivity contribution < 1.29 is 34.1 Å². The molecule has 1 rings (SSSR count). The van der Waals surface area contributed by atoms with Gasteiger partial charge in [0.25, 0.3) is 0 Å². The molecule has 0 saturated carbocycles. The van der Waals surface area contributed by atoms with Crippen LogP contribution in [-0.4, -0.2) is 52.4 Å². The third-order valence-electron chi connectivity index (χ3n) is 4.01. The van der Waals surface area contributed by atoms with Crippen molar-refractivity contribution in [2.45, 2.75) is 83.7 Å². The molecule has 0 spiro atoms. The minimum absolute atomic E-state index is 0.213. The number of esters is 2. The monoisotopic (exact) mass is 344 g/mol. The van der Waals surface area contributed by atoms with E-state index in [-0.39, 0.29) is 37.1 Å². The van der Waals surface area contributed by atoms with Crippen LogP contribution in [0.3, 0.4) is 0 Å². The fourth-order valence-electron chi connectivity index (χ4n) is 2.85. The normalized spacial score (nSPS) is 24.1. The van der Waals surface area contributed by atoms with Crippen molar-refractivity contribution in [1.82, 2.24) is 0 Å². The summed E-state index contributed by atoms with van der Waals surface area (Å²) in [6.07, 6.45) is -0.735. The second-order valence-electron chi connectivity index (χ2n) is 6.60. The number of ketones is 1. The van der Waals surface area contributed by atoms with E-state index in [4.69, 9.17) is 9.47 Å². The smallest absolute Gasteiger partial charge is 0.313 e. The standard InChI is InChI=1S/C17H28O7/c1-4-13(20)9-15(23-16(21)6-11(3)19)8-12-7-14(5-10(2)18)24-17(12)22/h10,12-15,18,20H,4-9H2,1-3H3. The van der Waals surface area contributed by atoms with Crippen LogP contribution in [-0.2, 0) is 23.9 Å². The van der Waals surface area contributed by atoms with Crippen LogP contribution in [0.2, 0.25) is 0 Å². The summed E-state index contributed by atoms with van der Waals surface area (Å²) in [7, 11) is 0. The lowest BCUT2D eigenvalue weighted by atomic mass is 9.93. The van der Waals surface area contributed by atoms with Crippen LogP contribution < -0.4 is 0 Å². The molecule has 1 saturated heterocycles. The third kappa shape index (κ3) is 7.40. The van der Waals surface area contributed by atoms with Crippen molar-refractivity contribution >= 4 is 17.7 Å². The molecule has 7 nitrogen and oxygen atoms in total. The van der Waals surface area contributed by atoms with Gasteiger partial charge in [-0.15, -0.1) is 0 Å². The molecule has 1 aliphatic heterocycles. The highest BCUT2D eigenvalue weighted by Crippen LogP contribution is 2.30. The van der Waals surface area contributed by atoms with Crippen molar-refractivity contribution in [1.29, 1.82) is 0 Å². The Balaban J connectivity index is 2.64. The number of hydrogen-bond donors (Lipinski definition) is 2. The summed E-state index contributed by atoms with van der Waals surface area (Å²) < 4.78 is 10.5.